The number of carbonyl (C=O) groups is 1. The zero-order chi connectivity index (χ0) is 16.1. The lowest BCUT2D eigenvalue weighted by Gasteiger charge is -2.38. The van der Waals surface area contributed by atoms with E-state index >= 15 is 0 Å². The van der Waals surface area contributed by atoms with Crippen molar-refractivity contribution in [2.24, 2.45) is 0 Å². The Labute approximate surface area is 136 Å². The lowest BCUT2D eigenvalue weighted by Crippen LogP contribution is -2.51. The molecule has 1 aromatic heterocycles. The van der Waals surface area contributed by atoms with Crippen LogP contribution in [0.15, 0.2) is 16.9 Å². The molecule has 0 bridgehead atoms. The van der Waals surface area contributed by atoms with E-state index in [4.69, 9.17) is 0 Å². The highest BCUT2D eigenvalue weighted by Gasteiger charge is 2.27. The van der Waals surface area contributed by atoms with Gasteiger partial charge < -0.3 is 5.32 Å². The second-order valence-corrected chi connectivity index (χ2v) is 6.76. The van der Waals surface area contributed by atoms with Crippen molar-refractivity contribution < 1.29 is 4.79 Å². The fourth-order valence-electron chi connectivity index (χ4n) is 3.81. The average Bonchev–Trinajstić information content (AvgIpc) is 2.85. The third-order valence-corrected chi connectivity index (χ3v) is 5.04. The van der Waals surface area contributed by atoms with Crippen LogP contribution >= 0.6 is 0 Å². The Hall–Kier alpha value is -1.69. The predicted octanol–water partition coefficient (Wildman–Crippen LogP) is 1.69. The molecule has 2 fully saturated rings. The molecule has 0 radical (unpaired) electrons. The standard InChI is InChI=1S/C17H26N4O2/c22-16-10-9-15(19-20-16)17(23)18-13-6-5-11-21(12-13)14-7-3-1-2-4-8-14/h9-10,13-14H,1-8,11-12H2,(H,18,23)(H,20,22). The Morgan fingerprint density at radius 1 is 1.13 bits per heavy atom. The lowest BCUT2D eigenvalue weighted by atomic mass is 10.00. The number of aromatic amines is 1. The van der Waals surface area contributed by atoms with E-state index in [2.05, 4.69) is 20.4 Å². The highest BCUT2D eigenvalue weighted by Crippen LogP contribution is 2.24. The molecule has 2 aliphatic rings. The van der Waals surface area contributed by atoms with Crippen molar-refractivity contribution in [2.75, 3.05) is 13.1 Å². The van der Waals surface area contributed by atoms with Gasteiger partial charge in [0.1, 0.15) is 5.69 Å². The molecule has 0 spiro atoms. The van der Waals surface area contributed by atoms with E-state index in [9.17, 15) is 9.59 Å². The van der Waals surface area contributed by atoms with Gasteiger partial charge in [-0.2, -0.15) is 5.10 Å². The Balaban J connectivity index is 1.56. The second kappa shape index (κ2) is 7.73. The smallest absolute Gasteiger partial charge is 0.271 e. The molecule has 126 valence electrons. The van der Waals surface area contributed by atoms with Gasteiger partial charge >= 0.3 is 0 Å². The van der Waals surface area contributed by atoms with Crippen molar-refractivity contribution in [3.63, 3.8) is 0 Å². The Morgan fingerprint density at radius 2 is 1.91 bits per heavy atom. The first-order valence-corrected chi connectivity index (χ1v) is 8.83. The number of nitrogens with one attached hydrogen (secondary N) is 2. The van der Waals surface area contributed by atoms with E-state index in [1.165, 1.54) is 50.7 Å². The molecular formula is C17H26N4O2. The molecular weight excluding hydrogens is 292 g/mol. The summed E-state index contributed by atoms with van der Waals surface area (Å²) in [5.74, 6) is -0.200. The number of amides is 1. The summed E-state index contributed by atoms with van der Waals surface area (Å²) >= 11 is 0. The zero-order valence-electron chi connectivity index (χ0n) is 13.6. The van der Waals surface area contributed by atoms with Crippen LogP contribution in [-0.4, -0.2) is 46.2 Å². The average molecular weight is 318 g/mol. The van der Waals surface area contributed by atoms with Gasteiger partial charge in [-0.05, 0) is 38.3 Å². The number of nitrogens with zero attached hydrogens (tertiary/aromatic N) is 2. The molecule has 1 saturated heterocycles. The minimum absolute atomic E-state index is 0.174. The number of piperidine rings is 1. The molecule has 2 N–H and O–H groups in total. The lowest BCUT2D eigenvalue weighted by molar-refractivity contribution is 0.0855. The van der Waals surface area contributed by atoms with Gasteiger partial charge in [0.25, 0.3) is 11.5 Å². The third kappa shape index (κ3) is 4.41. The van der Waals surface area contributed by atoms with Crippen molar-refractivity contribution >= 4 is 5.91 Å². The van der Waals surface area contributed by atoms with Crippen LogP contribution in [-0.2, 0) is 0 Å². The number of carbonyl (C=O) groups excluding carboxylic acids is 1. The normalized spacial score (nSPS) is 24.1. The van der Waals surface area contributed by atoms with Gasteiger partial charge in [-0.1, -0.05) is 25.7 Å². The van der Waals surface area contributed by atoms with E-state index in [-0.39, 0.29) is 23.2 Å². The van der Waals surface area contributed by atoms with Crippen LogP contribution < -0.4 is 10.9 Å². The maximum atomic E-state index is 12.2. The largest absolute Gasteiger partial charge is 0.347 e. The van der Waals surface area contributed by atoms with Crippen molar-refractivity contribution in [3.05, 3.63) is 28.2 Å². The van der Waals surface area contributed by atoms with Crippen LogP contribution in [0.4, 0.5) is 0 Å². The summed E-state index contributed by atoms with van der Waals surface area (Å²) in [6.07, 6.45) is 10.1. The van der Waals surface area contributed by atoms with Crippen LogP contribution in [0.1, 0.15) is 61.9 Å². The molecule has 1 unspecified atom stereocenters. The molecule has 1 saturated carbocycles. The van der Waals surface area contributed by atoms with E-state index in [1.54, 1.807) is 0 Å². The van der Waals surface area contributed by atoms with E-state index < -0.39 is 0 Å². The Kier molecular flexibility index (Phi) is 5.43. The van der Waals surface area contributed by atoms with Crippen molar-refractivity contribution in [1.82, 2.24) is 20.4 Å². The number of hydrogen-bond donors (Lipinski definition) is 2. The van der Waals surface area contributed by atoms with Crippen LogP contribution in [0, 0.1) is 0 Å². The van der Waals surface area contributed by atoms with Crippen molar-refractivity contribution in [1.29, 1.82) is 0 Å². The van der Waals surface area contributed by atoms with E-state index in [1.807, 2.05) is 0 Å². The molecule has 6 nitrogen and oxygen atoms in total. The van der Waals surface area contributed by atoms with Crippen LogP contribution in [0.25, 0.3) is 0 Å². The minimum atomic E-state index is -0.293. The maximum absolute atomic E-state index is 12.2. The monoisotopic (exact) mass is 318 g/mol. The molecule has 1 amide bonds. The molecule has 6 heteroatoms. The summed E-state index contributed by atoms with van der Waals surface area (Å²) < 4.78 is 0. The fraction of sp³-hybridized carbons (Fsp3) is 0.706. The summed E-state index contributed by atoms with van der Waals surface area (Å²) in [7, 11) is 0. The molecule has 0 aromatic carbocycles. The summed E-state index contributed by atoms with van der Waals surface area (Å²) in [6.45, 7) is 2.08. The zero-order valence-corrected chi connectivity index (χ0v) is 13.6. The number of rotatable bonds is 3. The minimum Gasteiger partial charge on any atom is -0.347 e. The van der Waals surface area contributed by atoms with Crippen molar-refractivity contribution in [2.45, 2.75) is 63.5 Å². The van der Waals surface area contributed by atoms with Gasteiger partial charge in [-0.3, -0.25) is 14.5 Å². The second-order valence-electron chi connectivity index (χ2n) is 6.76. The quantitative estimate of drug-likeness (QED) is 0.831. The summed E-state index contributed by atoms with van der Waals surface area (Å²) in [4.78, 5) is 25.8. The van der Waals surface area contributed by atoms with Crippen LogP contribution in [0.3, 0.4) is 0 Å². The molecule has 23 heavy (non-hydrogen) atoms. The Bertz CT molecular complexity index is 558. The number of likely N-dealkylation sites (tertiary alicyclic amines) is 1. The highest BCUT2D eigenvalue weighted by atomic mass is 16.2. The summed E-state index contributed by atoms with van der Waals surface area (Å²) in [5, 5.41) is 9.18. The van der Waals surface area contributed by atoms with E-state index in [0.717, 1.165) is 25.9 Å². The molecule has 1 aliphatic heterocycles. The van der Waals surface area contributed by atoms with Gasteiger partial charge in [-0.15, -0.1) is 0 Å². The molecule has 1 atom stereocenters. The SMILES string of the molecule is O=C(NC1CCCN(C2CCCCCC2)C1)c1ccc(=O)[nH]n1. The summed E-state index contributed by atoms with van der Waals surface area (Å²) in [6, 6.07) is 3.66. The molecule has 3 rings (SSSR count). The first kappa shape index (κ1) is 16.2. The predicted molar refractivity (Wildman–Crippen MR) is 88.4 cm³/mol. The molecule has 1 aliphatic carbocycles. The summed E-state index contributed by atoms with van der Waals surface area (Å²) in [5.41, 5.74) is -0.0186. The fourth-order valence-corrected chi connectivity index (χ4v) is 3.81. The number of aromatic nitrogens is 2. The maximum Gasteiger partial charge on any atom is 0.271 e. The van der Waals surface area contributed by atoms with Gasteiger partial charge in [0.15, 0.2) is 0 Å². The van der Waals surface area contributed by atoms with Crippen molar-refractivity contribution in [3.8, 4) is 0 Å². The van der Waals surface area contributed by atoms with Gasteiger partial charge in [-0.25, -0.2) is 5.10 Å². The number of H-pyrrole nitrogens is 1. The van der Waals surface area contributed by atoms with E-state index in [0.29, 0.717) is 6.04 Å². The third-order valence-electron chi connectivity index (χ3n) is 5.04. The number of hydrogen-bond acceptors (Lipinski definition) is 4. The first-order chi connectivity index (χ1) is 11.2. The van der Waals surface area contributed by atoms with Gasteiger partial charge in [0.05, 0.1) is 0 Å². The Morgan fingerprint density at radius 3 is 2.61 bits per heavy atom. The van der Waals surface area contributed by atoms with Gasteiger partial charge in [0.2, 0.25) is 0 Å². The first-order valence-electron chi connectivity index (χ1n) is 8.83. The molecule has 2 heterocycles. The molecule has 1 aromatic rings. The van der Waals surface area contributed by atoms with Crippen LogP contribution in [0.2, 0.25) is 0 Å². The van der Waals surface area contributed by atoms with Crippen LogP contribution in [0.5, 0.6) is 0 Å². The highest BCUT2D eigenvalue weighted by molar-refractivity contribution is 5.92. The topological polar surface area (TPSA) is 78.1 Å². The van der Waals surface area contributed by atoms with Gasteiger partial charge in [0, 0.05) is 24.7 Å².